The molecule has 0 atom stereocenters. The Morgan fingerprint density at radius 1 is 1.06 bits per heavy atom. The molecule has 0 spiro atoms. The molecule has 0 aliphatic carbocycles. The number of H-pyrrole nitrogens is 2. The highest BCUT2D eigenvalue weighted by Crippen LogP contribution is 2.26. The van der Waals surface area contributed by atoms with E-state index in [1.54, 1.807) is 18.6 Å². The van der Waals surface area contributed by atoms with Crippen LogP contribution in [0.4, 0.5) is 0 Å². The number of nitrogens with zero attached hydrogens (tertiary/aromatic N) is 3. The van der Waals surface area contributed by atoms with Crippen molar-refractivity contribution >= 4 is 21.9 Å². The smallest absolute Gasteiger partial charge is 0.116 e. The summed E-state index contributed by atoms with van der Waals surface area (Å²) in [7, 11) is 0. The van der Waals surface area contributed by atoms with Gasteiger partial charge < -0.3 is 4.98 Å². The largest absolute Gasteiger partial charge is 0.352 e. The Kier molecular flexibility index (Phi) is 1.77. The highest BCUT2D eigenvalue weighted by atomic mass is 15.1. The van der Waals surface area contributed by atoms with Crippen LogP contribution in [0, 0.1) is 0 Å². The highest BCUT2D eigenvalue weighted by molar-refractivity contribution is 5.94. The normalized spacial score (nSPS) is 11.3. The molecular weight excluding hydrogens is 226 g/mol. The second-order valence-electron chi connectivity index (χ2n) is 4.11. The second kappa shape index (κ2) is 3.40. The van der Waals surface area contributed by atoms with Gasteiger partial charge in [0, 0.05) is 17.8 Å². The average molecular weight is 235 g/mol. The average Bonchev–Trinajstić information content (AvgIpc) is 3.02. The fourth-order valence-electron chi connectivity index (χ4n) is 2.16. The molecule has 5 nitrogen and oxygen atoms in total. The number of hydrogen-bond donors (Lipinski definition) is 2. The molecule has 0 fully saturated rings. The third-order valence-corrected chi connectivity index (χ3v) is 3.01. The van der Waals surface area contributed by atoms with Crippen molar-refractivity contribution in [2.75, 3.05) is 0 Å². The van der Waals surface area contributed by atoms with Crippen molar-refractivity contribution in [1.82, 2.24) is 25.1 Å². The minimum atomic E-state index is 0.894. The van der Waals surface area contributed by atoms with Crippen molar-refractivity contribution in [3.05, 3.63) is 42.9 Å². The van der Waals surface area contributed by atoms with E-state index in [9.17, 15) is 0 Å². The predicted octanol–water partition coefficient (Wildman–Crippen LogP) is 2.50. The van der Waals surface area contributed by atoms with Crippen LogP contribution in [0.2, 0.25) is 0 Å². The Bertz CT molecular complexity index is 809. The second-order valence-corrected chi connectivity index (χ2v) is 4.11. The van der Waals surface area contributed by atoms with Gasteiger partial charge in [-0.1, -0.05) is 0 Å². The first kappa shape index (κ1) is 9.35. The molecule has 0 unspecified atom stereocenters. The minimum absolute atomic E-state index is 0.894. The summed E-state index contributed by atoms with van der Waals surface area (Å²) in [5.74, 6) is 0. The summed E-state index contributed by atoms with van der Waals surface area (Å²) >= 11 is 0. The van der Waals surface area contributed by atoms with Crippen LogP contribution in [0.25, 0.3) is 33.3 Å². The van der Waals surface area contributed by atoms with Crippen molar-refractivity contribution in [3.8, 4) is 11.4 Å². The minimum Gasteiger partial charge on any atom is -0.352 e. The van der Waals surface area contributed by atoms with Crippen LogP contribution in [0.15, 0.2) is 42.9 Å². The van der Waals surface area contributed by atoms with Gasteiger partial charge in [0.2, 0.25) is 0 Å². The molecule has 0 aromatic carbocycles. The van der Waals surface area contributed by atoms with Gasteiger partial charge in [-0.15, -0.1) is 0 Å². The van der Waals surface area contributed by atoms with E-state index in [-0.39, 0.29) is 0 Å². The molecule has 86 valence electrons. The standard InChI is InChI=1S/C13H9N5/c1-2-9-10(15-4-1)6-11(16-9)13-8-3-5-14-7-12(8)17-18-13/h1-7,16H,(H,17,18). The number of aromatic nitrogens is 5. The van der Waals surface area contributed by atoms with E-state index in [4.69, 9.17) is 0 Å². The molecule has 5 heteroatoms. The Morgan fingerprint density at radius 2 is 2.06 bits per heavy atom. The fourth-order valence-corrected chi connectivity index (χ4v) is 2.16. The van der Waals surface area contributed by atoms with Crippen molar-refractivity contribution in [1.29, 1.82) is 0 Å². The number of rotatable bonds is 1. The van der Waals surface area contributed by atoms with E-state index >= 15 is 0 Å². The number of aromatic amines is 2. The van der Waals surface area contributed by atoms with Gasteiger partial charge in [-0.2, -0.15) is 5.10 Å². The lowest BCUT2D eigenvalue weighted by molar-refractivity contribution is 1.11. The maximum absolute atomic E-state index is 4.34. The number of hydrogen-bond acceptors (Lipinski definition) is 3. The summed E-state index contributed by atoms with van der Waals surface area (Å²) in [6, 6.07) is 7.87. The lowest BCUT2D eigenvalue weighted by atomic mass is 10.2. The molecule has 0 saturated carbocycles. The molecule has 0 aliphatic heterocycles. The lowest BCUT2D eigenvalue weighted by Gasteiger charge is -1.91. The molecule has 4 heterocycles. The van der Waals surface area contributed by atoms with Crippen molar-refractivity contribution in [3.63, 3.8) is 0 Å². The molecule has 0 amide bonds. The molecule has 4 rings (SSSR count). The lowest BCUT2D eigenvalue weighted by Crippen LogP contribution is -1.77. The maximum Gasteiger partial charge on any atom is 0.116 e. The molecule has 0 radical (unpaired) electrons. The van der Waals surface area contributed by atoms with Crippen LogP contribution < -0.4 is 0 Å². The van der Waals surface area contributed by atoms with Crippen LogP contribution in [-0.2, 0) is 0 Å². The summed E-state index contributed by atoms with van der Waals surface area (Å²) in [5, 5.41) is 8.37. The first-order chi connectivity index (χ1) is 8.92. The van der Waals surface area contributed by atoms with Gasteiger partial charge in [0.1, 0.15) is 5.69 Å². The Labute approximate surface area is 102 Å². The summed E-state index contributed by atoms with van der Waals surface area (Å²) < 4.78 is 0. The Hall–Kier alpha value is -2.69. The number of pyridine rings is 2. The van der Waals surface area contributed by atoms with Crippen LogP contribution in [-0.4, -0.2) is 25.1 Å². The molecule has 0 aliphatic rings. The molecule has 0 saturated heterocycles. The molecular formula is C13H9N5. The molecule has 4 aromatic heterocycles. The summed E-state index contributed by atoms with van der Waals surface area (Å²) in [6.45, 7) is 0. The zero-order chi connectivity index (χ0) is 11.9. The van der Waals surface area contributed by atoms with Gasteiger partial charge >= 0.3 is 0 Å². The van der Waals surface area contributed by atoms with Gasteiger partial charge in [-0.25, -0.2) is 0 Å². The topological polar surface area (TPSA) is 70.2 Å². The van der Waals surface area contributed by atoms with Crippen molar-refractivity contribution < 1.29 is 0 Å². The highest BCUT2D eigenvalue weighted by Gasteiger charge is 2.10. The number of fused-ring (bicyclic) bond motifs is 2. The van der Waals surface area contributed by atoms with Crippen LogP contribution >= 0.6 is 0 Å². The molecule has 0 bridgehead atoms. The first-order valence-corrected chi connectivity index (χ1v) is 5.64. The maximum atomic E-state index is 4.34. The first-order valence-electron chi connectivity index (χ1n) is 5.64. The Morgan fingerprint density at radius 3 is 3.00 bits per heavy atom. The fraction of sp³-hybridized carbons (Fsp3) is 0. The van der Waals surface area contributed by atoms with Crippen molar-refractivity contribution in [2.45, 2.75) is 0 Å². The van der Waals surface area contributed by atoms with E-state index in [1.807, 2.05) is 24.3 Å². The van der Waals surface area contributed by atoms with Gasteiger partial charge in [-0.3, -0.25) is 15.1 Å². The van der Waals surface area contributed by atoms with Crippen LogP contribution in [0.1, 0.15) is 0 Å². The third-order valence-electron chi connectivity index (χ3n) is 3.01. The van der Waals surface area contributed by atoms with Gasteiger partial charge in [0.05, 0.1) is 28.4 Å². The molecule has 2 N–H and O–H groups in total. The third kappa shape index (κ3) is 1.24. The Balaban J connectivity index is 2.01. The monoisotopic (exact) mass is 235 g/mol. The van der Waals surface area contributed by atoms with Crippen LogP contribution in [0.5, 0.6) is 0 Å². The van der Waals surface area contributed by atoms with Gasteiger partial charge in [0.15, 0.2) is 0 Å². The van der Waals surface area contributed by atoms with Crippen molar-refractivity contribution in [2.24, 2.45) is 0 Å². The van der Waals surface area contributed by atoms with E-state index in [0.29, 0.717) is 0 Å². The van der Waals surface area contributed by atoms with Gasteiger partial charge in [-0.05, 0) is 24.3 Å². The van der Waals surface area contributed by atoms with Gasteiger partial charge in [0.25, 0.3) is 0 Å². The quantitative estimate of drug-likeness (QED) is 0.532. The predicted molar refractivity (Wildman–Crippen MR) is 69.0 cm³/mol. The summed E-state index contributed by atoms with van der Waals surface area (Å²) in [5.41, 5.74) is 4.74. The summed E-state index contributed by atoms with van der Waals surface area (Å²) in [6.07, 6.45) is 5.32. The van der Waals surface area contributed by atoms with E-state index in [1.165, 1.54) is 0 Å². The zero-order valence-electron chi connectivity index (χ0n) is 9.38. The SMILES string of the molecule is c1cnc2cc(-c3n[nH]c4cnccc34)[nH]c2c1. The number of nitrogens with one attached hydrogen (secondary N) is 2. The molecule has 4 aromatic rings. The summed E-state index contributed by atoms with van der Waals surface area (Å²) in [4.78, 5) is 11.7. The van der Waals surface area contributed by atoms with E-state index in [2.05, 4.69) is 25.1 Å². The zero-order valence-corrected chi connectivity index (χ0v) is 9.38. The van der Waals surface area contributed by atoms with E-state index in [0.717, 1.165) is 33.3 Å². The van der Waals surface area contributed by atoms with Crippen LogP contribution in [0.3, 0.4) is 0 Å². The van der Waals surface area contributed by atoms with E-state index < -0.39 is 0 Å². The molecule has 18 heavy (non-hydrogen) atoms.